The Kier molecular flexibility index (Phi) is 9.68. The van der Waals surface area contributed by atoms with E-state index in [2.05, 4.69) is 17.0 Å². The van der Waals surface area contributed by atoms with Crippen molar-refractivity contribution >= 4 is 56.0 Å². The van der Waals surface area contributed by atoms with Crippen molar-refractivity contribution in [1.82, 2.24) is 9.88 Å². The van der Waals surface area contributed by atoms with E-state index in [1.165, 1.54) is 16.2 Å². The van der Waals surface area contributed by atoms with Crippen molar-refractivity contribution < 1.29 is 14.3 Å². The molecule has 0 aliphatic carbocycles. The van der Waals surface area contributed by atoms with Crippen LogP contribution in [0, 0.1) is 6.92 Å². The Balaban J connectivity index is 1.39. The lowest BCUT2D eigenvalue weighted by Crippen LogP contribution is -2.39. The molecule has 1 saturated heterocycles. The predicted octanol–water partition coefficient (Wildman–Crippen LogP) is 5.89. The summed E-state index contributed by atoms with van der Waals surface area (Å²) < 4.78 is 11.6. The van der Waals surface area contributed by atoms with Crippen molar-refractivity contribution in [2.24, 2.45) is 0 Å². The molecule has 2 heterocycles. The van der Waals surface area contributed by atoms with Crippen molar-refractivity contribution in [3.63, 3.8) is 0 Å². The number of nitrogens with zero attached hydrogens (tertiary/aromatic N) is 3. The second-order valence-electron chi connectivity index (χ2n) is 8.52. The molecule has 1 aliphatic rings. The van der Waals surface area contributed by atoms with E-state index in [0.717, 1.165) is 78.1 Å². The zero-order valence-corrected chi connectivity index (χ0v) is 22.7. The summed E-state index contributed by atoms with van der Waals surface area (Å²) in [4.78, 5) is 23.7. The highest BCUT2D eigenvalue weighted by molar-refractivity contribution is 7.99. The Bertz CT molecular complexity index is 1080. The minimum absolute atomic E-state index is 0.121. The number of thiazole rings is 1. The molecule has 1 fully saturated rings. The van der Waals surface area contributed by atoms with Crippen LogP contribution in [0.25, 0.3) is 10.2 Å². The van der Waals surface area contributed by atoms with Crippen molar-refractivity contribution in [3.8, 4) is 5.75 Å². The number of amides is 1. The van der Waals surface area contributed by atoms with Crippen LogP contribution in [-0.2, 0) is 9.53 Å². The molecule has 1 aromatic heterocycles. The van der Waals surface area contributed by atoms with Crippen molar-refractivity contribution in [2.75, 3.05) is 57.2 Å². The normalized spacial score (nSPS) is 14.4. The maximum atomic E-state index is 13.4. The Morgan fingerprint density at radius 3 is 2.69 bits per heavy atom. The Labute approximate surface area is 220 Å². The number of morpholine rings is 1. The summed E-state index contributed by atoms with van der Waals surface area (Å²) in [5, 5.41) is 1.43. The number of aromatic nitrogens is 1. The molecular formula is C26H32ClN3O3S2. The van der Waals surface area contributed by atoms with Crippen LogP contribution in [0.5, 0.6) is 5.75 Å². The van der Waals surface area contributed by atoms with Gasteiger partial charge in [-0.2, -0.15) is 0 Å². The second-order valence-corrected chi connectivity index (χ2v) is 11.1. The summed E-state index contributed by atoms with van der Waals surface area (Å²) in [5.41, 5.74) is 1.96. The fourth-order valence-electron chi connectivity index (χ4n) is 4.03. The molecular weight excluding hydrogens is 502 g/mol. The lowest BCUT2D eigenvalue weighted by Gasteiger charge is -2.27. The van der Waals surface area contributed by atoms with Gasteiger partial charge in [0.2, 0.25) is 5.91 Å². The molecule has 2 aromatic carbocycles. The van der Waals surface area contributed by atoms with Gasteiger partial charge >= 0.3 is 0 Å². The first-order valence-corrected chi connectivity index (χ1v) is 14.2. The van der Waals surface area contributed by atoms with Gasteiger partial charge in [-0.05, 0) is 61.4 Å². The fraction of sp³-hybridized carbons (Fsp3) is 0.462. The van der Waals surface area contributed by atoms with E-state index in [4.69, 9.17) is 26.1 Å². The highest BCUT2D eigenvalue weighted by Gasteiger charge is 2.21. The molecule has 0 N–H and O–H groups in total. The second kappa shape index (κ2) is 12.9. The topological polar surface area (TPSA) is 54.9 Å². The molecule has 4 rings (SSSR count). The van der Waals surface area contributed by atoms with Gasteiger partial charge in [-0.1, -0.05) is 29.0 Å². The summed E-state index contributed by atoms with van der Waals surface area (Å²) in [5.74, 6) is 1.85. The molecule has 0 atom stereocenters. The van der Waals surface area contributed by atoms with Crippen LogP contribution in [0.15, 0.2) is 41.3 Å². The number of hydrogen-bond donors (Lipinski definition) is 0. The zero-order chi connectivity index (χ0) is 24.6. The molecule has 35 heavy (non-hydrogen) atoms. The molecule has 0 spiro atoms. The Morgan fingerprint density at radius 2 is 1.97 bits per heavy atom. The van der Waals surface area contributed by atoms with Gasteiger partial charge in [-0.15, -0.1) is 11.8 Å². The monoisotopic (exact) mass is 533 g/mol. The fourth-order valence-corrected chi connectivity index (χ4v) is 6.24. The number of rotatable bonds is 11. The number of fused-ring (bicyclic) bond motifs is 1. The molecule has 0 radical (unpaired) electrons. The molecule has 0 unspecified atom stereocenters. The van der Waals surface area contributed by atoms with Gasteiger partial charge < -0.3 is 9.47 Å². The van der Waals surface area contributed by atoms with Crippen molar-refractivity contribution in [2.45, 2.75) is 31.1 Å². The van der Waals surface area contributed by atoms with E-state index in [1.54, 1.807) is 18.9 Å². The summed E-state index contributed by atoms with van der Waals surface area (Å²) in [6.45, 7) is 7.10. The number of carbonyl (C=O) groups excluding carboxylic acids is 1. The van der Waals surface area contributed by atoms with Gasteiger partial charge in [0.05, 0.1) is 35.6 Å². The zero-order valence-electron chi connectivity index (χ0n) is 20.3. The molecule has 0 bridgehead atoms. The molecule has 188 valence electrons. The standard InChI is InChI=1S/C26H32ClN3O3S2/c1-19-6-11-22(27)25-24(19)28-26(35-25)30(13-4-12-29-14-16-33-17-15-29)23(31)5-3-18-34-21-9-7-20(32-2)8-10-21/h6-11H,3-5,12-18H2,1-2H3. The molecule has 1 aliphatic heterocycles. The Hall–Kier alpha value is -1.84. The maximum Gasteiger partial charge on any atom is 0.228 e. The number of benzene rings is 2. The first-order chi connectivity index (χ1) is 17.0. The minimum Gasteiger partial charge on any atom is -0.497 e. The number of ether oxygens (including phenoxy) is 2. The van der Waals surface area contributed by atoms with E-state index in [-0.39, 0.29) is 5.91 Å². The number of carbonyl (C=O) groups is 1. The third kappa shape index (κ3) is 7.11. The van der Waals surface area contributed by atoms with Crippen molar-refractivity contribution in [1.29, 1.82) is 0 Å². The van der Waals surface area contributed by atoms with Crippen LogP contribution >= 0.6 is 34.7 Å². The molecule has 3 aromatic rings. The van der Waals surface area contributed by atoms with Gasteiger partial charge in [-0.3, -0.25) is 14.6 Å². The van der Waals surface area contributed by atoms with Crippen LogP contribution in [0.2, 0.25) is 5.02 Å². The number of aryl methyl sites for hydroxylation is 1. The highest BCUT2D eigenvalue weighted by atomic mass is 35.5. The first-order valence-electron chi connectivity index (χ1n) is 12.0. The van der Waals surface area contributed by atoms with Crippen LogP contribution in [0.3, 0.4) is 0 Å². The highest BCUT2D eigenvalue weighted by Crippen LogP contribution is 2.36. The maximum absolute atomic E-state index is 13.4. The molecule has 9 heteroatoms. The average Bonchev–Trinajstić information content (AvgIpc) is 3.34. The van der Waals surface area contributed by atoms with E-state index in [1.807, 2.05) is 36.1 Å². The quantitative estimate of drug-likeness (QED) is 0.226. The summed E-state index contributed by atoms with van der Waals surface area (Å²) in [7, 11) is 1.67. The van der Waals surface area contributed by atoms with Crippen molar-refractivity contribution in [3.05, 3.63) is 47.0 Å². The Morgan fingerprint density at radius 1 is 1.20 bits per heavy atom. The van der Waals surface area contributed by atoms with Gasteiger partial charge in [0.1, 0.15) is 5.75 Å². The number of halogens is 1. The lowest BCUT2D eigenvalue weighted by atomic mass is 10.2. The van der Waals surface area contributed by atoms with Gasteiger partial charge in [0, 0.05) is 37.5 Å². The lowest BCUT2D eigenvalue weighted by molar-refractivity contribution is -0.118. The van der Waals surface area contributed by atoms with Gasteiger partial charge in [-0.25, -0.2) is 4.98 Å². The predicted molar refractivity (Wildman–Crippen MR) is 147 cm³/mol. The molecule has 6 nitrogen and oxygen atoms in total. The SMILES string of the molecule is COc1ccc(SCCCC(=O)N(CCCN2CCOCC2)c2nc3c(C)ccc(Cl)c3s2)cc1. The first kappa shape index (κ1) is 26.2. The number of thioether (sulfide) groups is 1. The smallest absolute Gasteiger partial charge is 0.228 e. The third-order valence-corrected chi connectivity index (χ3v) is 8.68. The summed E-state index contributed by atoms with van der Waals surface area (Å²) >= 11 is 9.72. The van der Waals surface area contributed by atoms with E-state index in [0.29, 0.717) is 18.0 Å². The van der Waals surface area contributed by atoms with Crippen LogP contribution < -0.4 is 9.64 Å². The number of methoxy groups -OCH3 is 1. The number of anilines is 1. The summed E-state index contributed by atoms with van der Waals surface area (Å²) in [6, 6.07) is 11.9. The van der Waals surface area contributed by atoms with E-state index in [9.17, 15) is 4.79 Å². The van der Waals surface area contributed by atoms with Gasteiger partial charge in [0.15, 0.2) is 5.13 Å². The number of hydrogen-bond acceptors (Lipinski definition) is 7. The average molecular weight is 534 g/mol. The minimum atomic E-state index is 0.121. The van der Waals surface area contributed by atoms with Crippen LogP contribution in [0.4, 0.5) is 5.13 Å². The van der Waals surface area contributed by atoms with E-state index < -0.39 is 0 Å². The molecule has 0 saturated carbocycles. The summed E-state index contributed by atoms with van der Waals surface area (Å²) in [6.07, 6.45) is 2.19. The van der Waals surface area contributed by atoms with E-state index >= 15 is 0 Å². The van der Waals surface area contributed by atoms with Crippen LogP contribution in [-0.4, -0.2) is 68.0 Å². The largest absolute Gasteiger partial charge is 0.497 e. The van der Waals surface area contributed by atoms with Crippen LogP contribution in [0.1, 0.15) is 24.8 Å². The molecule has 1 amide bonds. The third-order valence-electron chi connectivity index (χ3n) is 6.04. The van der Waals surface area contributed by atoms with Gasteiger partial charge in [0.25, 0.3) is 0 Å².